The first kappa shape index (κ1) is 16.3. The summed E-state index contributed by atoms with van der Waals surface area (Å²) in [5.74, 6) is 1.30. The minimum Gasteiger partial charge on any atom is -0.496 e. The molecule has 0 aliphatic rings. The van der Waals surface area contributed by atoms with Crippen molar-refractivity contribution in [3.63, 3.8) is 0 Å². The largest absolute Gasteiger partial charge is 0.496 e. The van der Waals surface area contributed by atoms with E-state index in [0.717, 1.165) is 25.1 Å². The monoisotopic (exact) mass is 280 g/mol. The molecule has 1 aromatic carbocycles. The van der Waals surface area contributed by atoms with E-state index < -0.39 is 0 Å². The van der Waals surface area contributed by atoms with Gasteiger partial charge in [-0.15, -0.1) is 0 Å². The number of carbonyl (C=O) groups is 1. The van der Waals surface area contributed by atoms with Gasteiger partial charge in [0.05, 0.1) is 20.6 Å². The molecule has 5 heteroatoms. The topological polar surface area (TPSA) is 59.6 Å². The normalized spacial score (nSPS) is 10.2. The molecule has 0 unspecified atom stereocenters. The first-order valence-electron chi connectivity index (χ1n) is 6.90. The Kier molecular flexibility index (Phi) is 7.50. The number of hydrogen-bond donors (Lipinski definition) is 2. The van der Waals surface area contributed by atoms with E-state index in [4.69, 9.17) is 9.47 Å². The molecule has 112 valence electrons. The Labute approximate surface area is 120 Å². The summed E-state index contributed by atoms with van der Waals surface area (Å²) in [5, 5.41) is 6.12. The number of nitrogens with one attached hydrogen (secondary N) is 2. The molecule has 0 fully saturated rings. The van der Waals surface area contributed by atoms with E-state index in [1.54, 1.807) is 14.2 Å². The minimum absolute atomic E-state index is 0.0360. The van der Waals surface area contributed by atoms with Crippen molar-refractivity contribution in [2.75, 3.05) is 33.9 Å². The molecule has 0 bridgehead atoms. The molecule has 20 heavy (non-hydrogen) atoms. The van der Waals surface area contributed by atoms with Crippen LogP contribution in [-0.4, -0.2) is 39.8 Å². The van der Waals surface area contributed by atoms with Gasteiger partial charge in [0.1, 0.15) is 11.5 Å². The Bertz CT molecular complexity index is 399. The summed E-state index contributed by atoms with van der Waals surface area (Å²) in [6.07, 6.45) is 1.34. The highest BCUT2D eigenvalue weighted by Gasteiger charge is 2.13. The number of ether oxygens (including phenoxy) is 2. The molecule has 1 amide bonds. The highest BCUT2D eigenvalue weighted by atomic mass is 16.5. The molecule has 0 aliphatic carbocycles. The van der Waals surface area contributed by atoms with Gasteiger partial charge in [0.15, 0.2) is 0 Å². The third-order valence-corrected chi connectivity index (χ3v) is 2.92. The molecule has 1 aromatic rings. The van der Waals surface area contributed by atoms with Crippen molar-refractivity contribution in [3.05, 3.63) is 23.8 Å². The van der Waals surface area contributed by atoms with Gasteiger partial charge in [-0.3, -0.25) is 4.79 Å². The number of hydrogen-bond acceptors (Lipinski definition) is 4. The third kappa shape index (κ3) is 5.09. The molecule has 5 nitrogen and oxygen atoms in total. The van der Waals surface area contributed by atoms with E-state index >= 15 is 0 Å². The molecule has 1 rings (SSSR count). The second kappa shape index (κ2) is 9.20. The lowest BCUT2D eigenvalue weighted by molar-refractivity contribution is -0.120. The predicted octanol–water partition coefficient (Wildman–Crippen LogP) is 1.36. The van der Waals surface area contributed by atoms with E-state index in [-0.39, 0.29) is 12.3 Å². The first-order valence-corrected chi connectivity index (χ1v) is 6.90. The second-order valence-corrected chi connectivity index (χ2v) is 4.42. The maximum Gasteiger partial charge on any atom is 0.224 e. The Morgan fingerprint density at radius 3 is 2.30 bits per heavy atom. The predicted molar refractivity (Wildman–Crippen MR) is 79.4 cm³/mol. The van der Waals surface area contributed by atoms with Crippen molar-refractivity contribution < 1.29 is 14.3 Å². The molecule has 0 atom stereocenters. The van der Waals surface area contributed by atoms with Crippen LogP contribution in [0.5, 0.6) is 11.5 Å². The van der Waals surface area contributed by atoms with Crippen LogP contribution in [0, 0.1) is 0 Å². The van der Waals surface area contributed by atoms with Gasteiger partial charge < -0.3 is 20.1 Å². The summed E-state index contributed by atoms with van der Waals surface area (Å²) in [7, 11) is 3.18. The average molecular weight is 280 g/mol. The highest BCUT2D eigenvalue weighted by molar-refractivity contribution is 5.80. The van der Waals surface area contributed by atoms with Gasteiger partial charge in [-0.05, 0) is 25.1 Å². The molecular formula is C15H24N2O3. The highest BCUT2D eigenvalue weighted by Crippen LogP contribution is 2.28. The van der Waals surface area contributed by atoms with Gasteiger partial charge in [-0.2, -0.15) is 0 Å². The number of benzene rings is 1. The summed E-state index contributed by atoms with van der Waals surface area (Å²) < 4.78 is 10.5. The minimum atomic E-state index is -0.0360. The van der Waals surface area contributed by atoms with Crippen LogP contribution in [0.2, 0.25) is 0 Å². The molecule has 0 saturated carbocycles. The second-order valence-electron chi connectivity index (χ2n) is 4.42. The number of amides is 1. The summed E-state index contributed by atoms with van der Waals surface area (Å²) in [6.45, 7) is 4.48. The van der Waals surface area contributed by atoms with Crippen LogP contribution in [0.1, 0.15) is 18.9 Å². The van der Waals surface area contributed by atoms with Crippen molar-refractivity contribution >= 4 is 5.91 Å². The number of methoxy groups -OCH3 is 2. The quantitative estimate of drug-likeness (QED) is 0.671. The fourth-order valence-corrected chi connectivity index (χ4v) is 1.92. The summed E-state index contributed by atoms with van der Waals surface area (Å²) in [6, 6.07) is 5.50. The lowest BCUT2D eigenvalue weighted by Crippen LogP contribution is -2.33. The zero-order valence-corrected chi connectivity index (χ0v) is 12.5. The van der Waals surface area contributed by atoms with Crippen LogP contribution in [-0.2, 0) is 11.2 Å². The van der Waals surface area contributed by atoms with Crippen LogP contribution in [0.15, 0.2) is 18.2 Å². The Balaban J connectivity index is 2.52. The fourth-order valence-electron chi connectivity index (χ4n) is 1.92. The van der Waals surface area contributed by atoms with E-state index in [9.17, 15) is 4.79 Å². The van der Waals surface area contributed by atoms with Gasteiger partial charge in [0.25, 0.3) is 0 Å². The van der Waals surface area contributed by atoms with Crippen molar-refractivity contribution in [1.29, 1.82) is 0 Å². The van der Waals surface area contributed by atoms with Crippen LogP contribution in [0.3, 0.4) is 0 Å². The van der Waals surface area contributed by atoms with E-state index in [0.29, 0.717) is 18.0 Å². The summed E-state index contributed by atoms with van der Waals surface area (Å²) in [4.78, 5) is 11.9. The van der Waals surface area contributed by atoms with E-state index in [1.165, 1.54) is 0 Å². The number of carbonyl (C=O) groups excluding carboxylic acids is 1. The molecule has 0 aromatic heterocycles. The van der Waals surface area contributed by atoms with Crippen molar-refractivity contribution in [2.45, 2.75) is 19.8 Å². The lowest BCUT2D eigenvalue weighted by Gasteiger charge is -2.13. The molecule has 0 aliphatic heterocycles. The average Bonchev–Trinajstić information content (AvgIpc) is 2.47. The van der Waals surface area contributed by atoms with Crippen LogP contribution in [0.25, 0.3) is 0 Å². The van der Waals surface area contributed by atoms with Gasteiger partial charge in [0, 0.05) is 18.7 Å². The molecular weight excluding hydrogens is 256 g/mol. The molecule has 0 heterocycles. The summed E-state index contributed by atoms with van der Waals surface area (Å²) >= 11 is 0. The fraction of sp³-hybridized carbons (Fsp3) is 0.533. The maximum atomic E-state index is 11.9. The number of rotatable bonds is 9. The Morgan fingerprint density at radius 2 is 1.75 bits per heavy atom. The van der Waals surface area contributed by atoms with Crippen molar-refractivity contribution in [1.82, 2.24) is 10.6 Å². The van der Waals surface area contributed by atoms with Gasteiger partial charge in [0.2, 0.25) is 5.91 Å². The summed E-state index contributed by atoms with van der Waals surface area (Å²) in [5.41, 5.74) is 0.775. The van der Waals surface area contributed by atoms with Crippen molar-refractivity contribution in [2.24, 2.45) is 0 Å². The third-order valence-electron chi connectivity index (χ3n) is 2.92. The standard InChI is InChI=1S/C15H24N2O3/c1-4-8-16-9-10-17-15(18)11-12-13(19-2)6-5-7-14(12)20-3/h5-7,16H,4,8-11H2,1-3H3,(H,17,18). The molecule has 2 N–H and O–H groups in total. The Hall–Kier alpha value is -1.75. The van der Waals surface area contributed by atoms with Crippen LogP contribution in [0.4, 0.5) is 0 Å². The molecule has 0 spiro atoms. The lowest BCUT2D eigenvalue weighted by atomic mass is 10.1. The van der Waals surface area contributed by atoms with E-state index in [2.05, 4.69) is 17.6 Å². The van der Waals surface area contributed by atoms with Gasteiger partial charge in [-0.1, -0.05) is 13.0 Å². The van der Waals surface area contributed by atoms with Crippen LogP contribution < -0.4 is 20.1 Å². The smallest absolute Gasteiger partial charge is 0.224 e. The van der Waals surface area contributed by atoms with E-state index in [1.807, 2.05) is 18.2 Å². The van der Waals surface area contributed by atoms with Crippen LogP contribution >= 0.6 is 0 Å². The van der Waals surface area contributed by atoms with Gasteiger partial charge >= 0.3 is 0 Å². The van der Waals surface area contributed by atoms with Crippen molar-refractivity contribution in [3.8, 4) is 11.5 Å². The zero-order valence-electron chi connectivity index (χ0n) is 12.5. The zero-order chi connectivity index (χ0) is 14.8. The maximum absolute atomic E-state index is 11.9. The SMILES string of the molecule is CCCNCCNC(=O)Cc1c(OC)cccc1OC. The van der Waals surface area contributed by atoms with Gasteiger partial charge in [-0.25, -0.2) is 0 Å². The molecule has 0 radical (unpaired) electrons. The first-order chi connectivity index (χ1) is 9.72. The molecule has 0 saturated heterocycles. The Morgan fingerprint density at radius 1 is 1.10 bits per heavy atom.